The molecule has 1 aliphatic rings. The number of halogens is 2. The number of anilines is 1. The van der Waals surface area contributed by atoms with Crippen molar-refractivity contribution in [1.29, 1.82) is 0 Å². The molecule has 0 spiro atoms. The first-order chi connectivity index (χ1) is 11.6. The Morgan fingerprint density at radius 1 is 1.08 bits per heavy atom. The van der Waals surface area contributed by atoms with Crippen LogP contribution in [-0.4, -0.2) is 5.91 Å². The molecule has 0 unspecified atom stereocenters. The minimum absolute atomic E-state index is 0.0802. The highest BCUT2D eigenvalue weighted by molar-refractivity contribution is 7.11. The third-order valence-electron chi connectivity index (χ3n) is 4.23. The summed E-state index contributed by atoms with van der Waals surface area (Å²) < 4.78 is 14.2. The fraction of sp³-hybridized carbons (Fsp3) is 0.105. The lowest BCUT2D eigenvalue weighted by Crippen LogP contribution is -2.22. The third kappa shape index (κ3) is 2.52. The van der Waals surface area contributed by atoms with E-state index in [-0.39, 0.29) is 17.6 Å². The molecule has 4 rings (SSSR count). The molecular weight excluding hydrogens is 345 g/mol. The van der Waals surface area contributed by atoms with Gasteiger partial charge in [0.05, 0.1) is 5.69 Å². The average molecular weight is 358 g/mol. The molecule has 3 aromatic rings. The molecule has 0 saturated heterocycles. The number of carbonyl (C=O) groups is 1. The van der Waals surface area contributed by atoms with Crippen LogP contribution >= 0.6 is 22.9 Å². The van der Waals surface area contributed by atoms with Crippen LogP contribution in [0.5, 0.6) is 0 Å². The Kier molecular flexibility index (Phi) is 3.87. The standard InChI is InChI=1S/C19H13ClFNOS/c20-15-7-3-1-5-11(15)13-9-17(23)22-18-14(10-24-19(13)18)12-6-2-4-8-16(12)21/h1-8,10,13H,9H2,(H,22,23)/t13-/m0/s1. The van der Waals surface area contributed by atoms with E-state index in [9.17, 15) is 9.18 Å². The van der Waals surface area contributed by atoms with E-state index < -0.39 is 0 Å². The van der Waals surface area contributed by atoms with Gasteiger partial charge in [0.25, 0.3) is 0 Å². The van der Waals surface area contributed by atoms with Crippen molar-refractivity contribution >= 4 is 34.5 Å². The SMILES string of the molecule is O=C1C[C@@H](c2ccccc2Cl)c2scc(-c3ccccc3F)c2N1. The van der Waals surface area contributed by atoms with Crippen molar-refractivity contribution in [3.8, 4) is 11.1 Å². The molecule has 0 fully saturated rings. The third-order valence-corrected chi connectivity index (χ3v) is 5.67. The molecule has 2 heterocycles. The number of thiophene rings is 1. The minimum atomic E-state index is -0.299. The van der Waals surface area contributed by atoms with E-state index in [0.29, 0.717) is 22.7 Å². The van der Waals surface area contributed by atoms with Gasteiger partial charge in [-0.05, 0) is 17.7 Å². The molecule has 0 radical (unpaired) electrons. The monoisotopic (exact) mass is 357 g/mol. The maximum Gasteiger partial charge on any atom is 0.225 e. The highest BCUT2D eigenvalue weighted by Gasteiger charge is 2.31. The van der Waals surface area contributed by atoms with Crippen LogP contribution in [0.3, 0.4) is 0 Å². The van der Waals surface area contributed by atoms with Crippen LogP contribution in [0.15, 0.2) is 53.9 Å². The number of rotatable bonds is 2. The Hall–Kier alpha value is -2.17. The lowest BCUT2D eigenvalue weighted by molar-refractivity contribution is -0.116. The Balaban J connectivity index is 1.87. The summed E-state index contributed by atoms with van der Waals surface area (Å²) in [5.74, 6) is -0.483. The van der Waals surface area contributed by atoms with Crippen LogP contribution in [0, 0.1) is 5.82 Å². The van der Waals surface area contributed by atoms with Gasteiger partial charge >= 0.3 is 0 Å². The molecule has 1 N–H and O–H groups in total. The summed E-state index contributed by atoms with van der Waals surface area (Å²) in [6, 6.07) is 14.2. The van der Waals surface area contributed by atoms with Crippen molar-refractivity contribution < 1.29 is 9.18 Å². The van der Waals surface area contributed by atoms with E-state index >= 15 is 0 Å². The zero-order valence-corrected chi connectivity index (χ0v) is 14.1. The van der Waals surface area contributed by atoms with Gasteiger partial charge < -0.3 is 5.32 Å². The smallest absolute Gasteiger partial charge is 0.225 e. The summed E-state index contributed by atoms with van der Waals surface area (Å²) in [5, 5.41) is 5.46. The van der Waals surface area contributed by atoms with Crippen LogP contribution in [-0.2, 0) is 4.79 Å². The predicted octanol–water partition coefficient (Wildman–Crippen LogP) is 5.68. The Labute approximate surface area is 147 Å². The van der Waals surface area contributed by atoms with Crippen molar-refractivity contribution in [2.75, 3.05) is 5.32 Å². The zero-order valence-electron chi connectivity index (χ0n) is 12.6. The molecule has 0 saturated carbocycles. The molecule has 0 bridgehead atoms. The first-order valence-corrected chi connectivity index (χ1v) is 8.81. The van der Waals surface area contributed by atoms with Crippen molar-refractivity contribution in [3.05, 3.63) is 75.2 Å². The molecule has 24 heavy (non-hydrogen) atoms. The number of hydrogen-bond donors (Lipinski definition) is 1. The highest BCUT2D eigenvalue weighted by Crippen LogP contribution is 2.48. The van der Waals surface area contributed by atoms with Crippen LogP contribution in [0.4, 0.5) is 10.1 Å². The number of amides is 1. The van der Waals surface area contributed by atoms with E-state index in [1.165, 1.54) is 17.4 Å². The first-order valence-electron chi connectivity index (χ1n) is 7.55. The second-order valence-corrected chi connectivity index (χ2v) is 7.01. The molecule has 2 nitrogen and oxygen atoms in total. The van der Waals surface area contributed by atoms with E-state index in [1.807, 2.05) is 29.6 Å². The van der Waals surface area contributed by atoms with E-state index in [0.717, 1.165) is 16.0 Å². The summed E-state index contributed by atoms with van der Waals surface area (Å²) in [4.78, 5) is 13.3. The molecule has 120 valence electrons. The quantitative estimate of drug-likeness (QED) is 0.628. The fourth-order valence-electron chi connectivity index (χ4n) is 3.11. The summed E-state index contributed by atoms with van der Waals surface area (Å²) in [7, 11) is 0. The normalized spacial score (nSPS) is 16.6. The van der Waals surface area contributed by atoms with Gasteiger partial charge in [-0.25, -0.2) is 4.39 Å². The van der Waals surface area contributed by atoms with Crippen LogP contribution in [0.25, 0.3) is 11.1 Å². The van der Waals surface area contributed by atoms with E-state index in [4.69, 9.17) is 11.6 Å². The first kappa shape index (κ1) is 15.4. The van der Waals surface area contributed by atoms with Crippen LogP contribution < -0.4 is 5.32 Å². The number of fused-ring (bicyclic) bond motifs is 1. The van der Waals surface area contributed by atoms with Gasteiger partial charge in [-0.1, -0.05) is 48.0 Å². The topological polar surface area (TPSA) is 29.1 Å². The number of nitrogens with one attached hydrogen (secondary N) is 1. The fourth-order valence-corrected chi connectivity index (χ4v) is 4.52. The number of benzene rings is 2. The summed E-state index contributed by atoms with van der Waals surface area (Å²) in [6.45, 7) is 0. The largest absolute Gasteiger partial charge is 0.325 e. The predicted molar refractivity (Wildman–Crippen MR) is 96.3 cm³/mol. The van der Waals surface area contributed by atoms with Crippen LogP contribution in [0.1, 0.15) is 22.8 Å². The molecule has 1 atom stereocenters. The lowest BCUT2D eigenvalue weighted by Gasteiger charge is -2.24. The zero-order chi connectivity index (χ0) is 16.7. The van der Waals surface area contributed by atoms with Crippen molar-refractivity contribution in [2.24, 2.45) is 0 Å². The Bertz CT molecular complexity index is 937. The van der Waals surface area contributed by atoms with Gasteiger partial charge in [-0.3, -0.25) is 4.79 Å². The van der Waals surface area contributed by atoms with Gasteiger partial charge in [-0.15, -0.1) is 11.3 Å². The molecule has 5 heteroatoms. The van der Waals surface area contributed by atoms with Gasteiger partial charge in [0.1, 0.15) is 5.82 Å². The molecule has 1 aliphatic heterocycles. The van der Waals surface area contributed by atoms with Gasteiger partial charge in [0.2, 0.25) is 5.91 Å². The molecule has 2 aromatic carbocycles. The lowest BCUT2D eigenvalue weighted by atomic mass is 9.89. The molecule has 0 aliphatic carbocycles. The van der Waals surface area contributed by atoms with Crippen molar-refractivity contribution in [2.45, 2.75) is 12.3 Å². The Morgan fingerprint density at radius 3 is 2.62 bits per heavy atom. The Morgan fingerprint density at radius 2 is 1.83 bits per heavy atom. The molecule has 1 amide bonds. The molecule has 1 aromatic heterocycles. The highest BCUT2D eigenvalue weighted by atomic mass is 35.5. The maximum absolute atomic E-state index is 14.2. The van der Waals surface area contributed by atoms with Gasteiger partial charge in [0, 0.05) is 38.7 Å². The van der Waals surface area contributed by atoms with E-state index in [2.05, 4.69) is 5.32 Å². The van der Waals surface area contributed by atoms with E-state index in [1.54, 1.807) is 18.2 Å². The number of hydrogen-bond acceptors (Lipinski definition) is 2. The van der Waals surface area contributed by atoms with Gasteiger partial charge in [-0.2, -0.15) is 0 Å². The van der Waals surface area contributed by atoms with Crippen molar-refractivity contribution in [3.63, 3.8) is 0 Å². The summed E-state index contributed by atoms with van der Waals surface area (Å²) >= 11 is 7.86. The average Bonchev–Trinajstić information content (AvgIpc) is 2.99. The molecular formula is C19H13ClFNOS. The summed E-state index contributed by atoms with van der Waals surface area (Å²) in [5.41, 5.74) is 2.84. The second kappa shape index (κ2) is 6.04. The maximum atomic E-state index is 14.2. The number of carbonyl (C=O) groups excluding carboxylic acids is 1. The minimum Gasteiger partial charge on any atom is -0.325 e. The van der Waals surface area contributed by atoms with Crippen molar-refractivity contribution in [1.82, 2.24) is 0 Å². The summed E-state index contributed by atoms with van der Waals surface area (Å²) in [6.07, 6.45) is 0.341. The second-order valence-electron chi connectivity index (χ2n) is 5.69. The van der Waals surface area contributed by atoms with Crippen LogP contribution in [0.2, 0.25) is 5.02 Å². The van der Waals surface area contributed by atoms with Gasteiger partial charge in [0.15, 0.2) is 0 Å².